The van der Waals surface area contributed by atoms with Crippen molar-refractivity contribution in [2.24, 2.45) is 5.73 Å². The lowest BCUT2D eigenvalue weighted by Crippen LogP contribution is -2.36. The van der Waals surface area contributed by atoms with Crippen LogP contribution >= 0.6 is 0 Å². The standard InChI is InChI=1S/C10H17N3O2/c1-4-8(11)5-12-10(14)9-6(2)13-7(3)15-9/h8H,4-5,11H2,1-3H3,(H,12,14). The van der Waals surface area contributed by atoms with Crippen molar-refractivity contribution in [3.05, 3.63) is 17.3 Å². The van der Waals surface area contributed by atoms with Gasteiger partial charge in [-0.25, -0.2) is 4.98 Å². The van der Waals surface area contributed by atoms with Crippen LogP contribution in [0.4, 0.5) is 0 Å². The molecule has 1 amide bonds. The van der Waals surface area contributed by atoms with Gasteiger partial charge in [-0.05, 0) is 13.3 Å². The largest absolute Gasteiger partial charge is 0.436 e. The van der Waals surface area contributed by atoms with Crippen LogP contribution in [0.2, 0.25) is 0 Å². The number of hydrogen-bond donors (Lipinski definition) is 2. The van der Waals surface area contributed by atoms with Crippen molar-refractivity contribution in [2.45, 2.75) is 33.2 Å². The molecule has 84 valence electrons. The van der Waals surface area contributed by atoms with Gasteiger partial charge in [0.05, 0.1) is 5.69 Å². The molecule has 1 heterocycles. The van der Waals surface area contributed by atoms with Crippen molar-refractivity contribution >= 4 is 5.91 Å². The molecule has 0 saturated heterocycles. The van der Waals surface area contributed by atoms with Gasteiger partial charge in [0.2, 0.25) is 5.76 Å². The maximum Gasteiger partial charge on any atom is 0.289 e. The highest BCUT2D eigenvalue weighted by Gasteiger charge is 2.15. The first-order chi connectivity index (χ1) is 7.04. The molecule has 5 nitrogen and oxygen atoms in total. The lowest BCUT2D eigenvalue weighted by molar-refractivity contribution is 0.0921. The SMILES string of the molecule is CCC(N)CNC(=O)c1oc(C)nc1C. The van der Waals surface area contributed by atoms with E-state index in [0.717, 1.165) is 6.42 Å². The van der Waals surface area contributed by atoms with Crippen molar-refractivity contribution in [1.82, 2.24) is 10.3 Å². The summed E-state index contributed by atoms with van der Waals surface area (Å²) in [7, 11) is 0. The highest BCUT2D eigenvalue weighted by atomic mass is 16.4. The number of hydrogen-bond acceptors (Lipinski definition) is 4. The molecule has 15 heavy (non-hydrogen) atoms. The van der Waals surface area contributed by atoms with E-state index in [4.69, 9.17) is 10.2 Å². The minimum Gasteiger partial charge on any atom is -0.436 e. The fourth-order valence-electron chi connectivity index (χ4n) is 1.19. The lowest BCUT2D eigenvalue weighted by atomic mass is 10.2. The van der Waals surface area contributed by atoms with Crippen LogP contribution in [-0.2, 0) is 0 Å². The molecule has 0 bridgehead atoms. The molecule has 1 atom stereocenters. The monoisotopic (exact) mass is 211 g/mol. The summed E-state index contributed by atoms with van der Waals surface area (Å²) in [6, 6.07) is -0.0155. The minimum absolute atomic E-state index is 0.0155. The Kier molecular flexibility index (Phi) is 3.85. The van der Waals surface area contributed by atoms with Crippen LogP contribution in [0.15, 0.2) is 4.42 Å². The molecular weight excluding hydrogens is 194 g/mol. The number of aromatic nitrogens is 1. The first-order valence-corrected chi connectivity index (χ1v) is 5.02. The fourth-order valence-corrected chi connectivity index (χ4v) is 1.19. The summed E-state index contributed by atoms with van der Waals surface area (Å²) in [5.41, 5.74) is 6.29. The summed E-state index contributed by atoms with van der Waals surface area (Å²) in [4.78, 5) is 15.6. The predicted molar refractivity (Wildman–Crippen MR) is 56.6 cm³/mol. The van der Waals surface area contributed by atoms with Gasteiger partial charge in [0.25, 0.3) is 5.91 Å². The maximum atomic E-state index is 11.6. The zero-order chi connectivity index (χ0) is 11.4. The highest BCUT2D eigenvalue weighted by molar-refractivity contribution is 5.92. The van der Waals surface area contributed by atoms with E-state index < -0.39 is 0 Å². The zero-order valence-electron chi connectivity index (χ0n) is 9.33. The highest BCUT2D eigenvalue weighted by Crippen LogP contribution is 2.08. The Morgan fingerprint density at radius 3 is 2.73 bits per heavy atom. The molecule has 0 saturated carbocycles. The average Bonchev–Trinajstić information content (AvgIpc) is 2.53. The second kappa shape index (κ2) is 4.93. The second-order valence-electron chi connectivity index (χ2n) is 3.53. The molecule has 5 heteroatoms. The number of carbonyl (C=O) groups excluding carboxylic acids is 1. The fraction of sp³-hybridized carbons (Fsp3) is 0.600. The average molecular weight is 211 g/mol. The maximum absolute atomic E-state index is 11.6. The smallest absolute Gasteiger partial charge is 0.289 e. The molecular formula is C10H17N3O2. The summed E-state index contributed by atoms with van der Waals surface area (Å²) in [6.07, 6.45) is 0.828. The molecule has 0 radical (unpaired) electrons. The number of carbonyl (C=O) groups is 1. The zero-order valence-corrected chi connectivity index (χ0v) is 9.33. The van der Waals surface area contributed by atoms with Crippen molar-refractivity contribution in [2.75, 3.05) is 6.54 Å². The predicted octanol–water partition coefficient (Wildman–Crippen LogP) is 0.759. The van der Waals surface area contributed by atoms with Crippen LogP contribution in [0.5, 0.6) is 0 Å². The number of nitrogens with zero attached hydrogens (tertiary/aromatic N) is 1. The van der Waals surface area contributed by atoms with Gasteiger partial charge in [-0.1, -0.05) is 6.92 Å². The summed E-state index contributed by atoms with van der Waals surface area (Å²) >= 11 is 0. The van der Waals surface area contributed by atoms with E-state index in [9.17, 15) is 4.79 Å². The summed E-state index contributed by atoms with van der Waals surface area (Å²) < 4.78 is 5.18. The number of amides is 1. The van der Waals surface area contributed by atoms with Gasteiger partial charge in [0.15, 0.2) is 5.89 Å². The summed E-state index contributed by atoms with van der Waals surface area (Å²) in [5.74, 6) is 0.519. The normalized spacial score (nSPS) is 12.5. The number of aryl methyl sites for hydroxylation is 2. The number of rotatable bonds is 4. The van der Waals surface area contributed by atoms with E-state index in [-0.39, 0.29) is 17.7 Å². The van der Waals surface area contributed by atoms with Gasteiger partial charge in [-0.15, -0.1) is 0 Å². The molecule has 0 aromatic carbocycles. The Labute approximate surface area is 89.1 Å². The topological polar surface area (TPSA) is 81.1 Å². The van der Waals surface area contributed by atoms with E-state index in [1.807, 2.05) is 6.92 Å². The Bertz CT molecular complexity index is 346. The summed E-state index contributed by atoms with van der Waals surface area (Å²) in [5, 5.41) is 2.71. The first kappa shape index (κ1) is 11.7. The van der Waals surface area contributed by atoms with Gasteiger partial charge in [-0.2, -0.15) is 0 Å². The number of oxazole rings is 1. The molecule has 3 N–H and O–H groups in total. The van der Waals surface area contributed by atoms with Crippen molar-refractivity contribution < 1.29 is 9.21 Å². The third-order valence-electron chi connectivity index (χ3n) is 2.16. The Morgan fingerprint density at radius 1 is 1.60 bits per heavy atom. The van der Waals surface area contributed by atoms with Crippen LogP contribution < -0.4 is 11.1 Å². The Morgan fingerprint density at radius 2 is 2.27 bits per heavy atom. The van der Waals surface area contributed by atoms with Crippen molar-refractivity contribution in [1.29, 1.82) is 0 Å². The van der Waals surface area contributed by atoms with Crippen LogP contribution in [0, 0.1) is 13.8 Å². The number of nitrogens with two attached hydrogens (primary N) is 1. The van der Waals surface area contributed by atoms with Gasteiger partial charge < -0.3 is 15.5 Å². The van der Waals surface area contributed by atoms with Gasteiger partial charge in [0, 0.05) is 19.5 Å². The lowest BCUT2D eigenvalue weighted by Gasteiger charge is -2.08. The minimum atomic E-state index is -0.253. The van der Waals surface area contributed by atoms with Crippen LogP contribution in [-0.4, -0.2) is 23.5 Å². The third-order valence-corrected chi connectivity index (χ3v) is 2.16. The second-order valence-corrected chi connectivity index (χ2v) is 3.53. The van der Waals surface area contributed by atoms with Gasteiger partial charge in [0.1, 0.15) is 0 Å². The summed E-state index contributed by atoms with van der Waals surface area (Å²) in [6.45, 7) is 5.88. The molecule has 0 spiro atoms. The molecule has 1 aromatic rings. The molecule has 0 aliphatic heterocycles. The Balaban J connectivity index is 2.58. The van der Waals surface area contributed by atoms with Crippen molar-refractivity contribution in [3.63, 3.8) is 0 Å². The third kappa shape index (κ3) is 3.06. The molecule has 0 fully saturated rings. The Hall–Kier alpha value is -1.36. The van der Waals surface area contributed by atoms with E-state index in [1.54, 1.807) is 13.8 Å². The van der Waals surface area contributed by atoms with E-state index in [2.05, 4.69) is 10.3 Å². The molecule has 0 aliphatic carbocycles. The molecule has 1 unspecified atom stereocenters. The van der Waals surface area contributed by atoms with Gasteiger partial charge >= 0.3 is 0 Å². The van der Waals surface area contributed by atoms with Crippen LogP contribution in [0.3, 0.4) is 0 Å². The van der Waals surface area contributed by atoms with E-state index in [0.29, 0.717) is 18.1 Å². The molecule has 0 aliphatic rings. The van der Waals surface area contributed by atoms with Gasteiger partial charge in [-0.3, -0.25) is 4.79 Å². The first-order valence-electron chi connectivity index (χ1n) is 5.02. The molecule has 1 aromatic heterocycles. The van der Waals surface area contributed by atoms with Crippen LogP contribution in [0.1, 0.15) is 35.5 Å². The quantitative estimate of drug-likeness (QED) is 0.770. The van der Waals surface area contributed by atoms with Crippen molar-refractivity contribution in [3.8, 4) is 0 Å². The number of nitrogens with one attached hydrogen (secondary N) is 1. The van der Waals surface area contributed by atoms with E-state index >= 15 is 0 Å². The van der Waals surface area contributed by atoms with E-state index in [1.165, 1.54) is 0 Å². The van der Waals surface area contributed by atoms with Crippen LogP contribution in [0.25, 0.3) is 0 Å². The molecule has 1 rings (SSSR count).